The lowest BCUT2D eigenvalue weighted by Crippen LogP contribution is -2.52. The Bertz CT molecular complexity index is 764. The lowest BCUT2D eigenvalue weighted by atomic mass is 9.53. The van der Waals surface area contributed by atoms with Crippen LogP contribution in [0.3, 0.4) is 0 Å². The molecule has 12 atom stereocenters. The number of ether oxygens (including phenoxy) is 2. The van der Waals surface area contributed by atoms with Crippen LogP contribution in [0.2, 0.25) is 0 Å². The van der Waals surface area contributed by atoms with Crippen LogP contribution in [0, 0.1) is 52.8 Å². The average molecular weight is 428 g/mol. The van der Waals surface area contributed by atoms with E-state index in [-0.39, 0.29) is 23.6 Å². The molecule has 4 heteroatoms. The van der Waals surface area contributed by atoms with Crippen molar-refractivity contribution in [2.45, 2.75) is 95.8 Å². The van der Waals surface area contributed by atoms with Crippen molar-refractivity contribution in [3.05, 3.63) is 0 Å². The Kier molecular flexibility index (Phi) is 4.29. The Balaban J connectivity index is 1.05. The second-order valence-corrected chi connectivity index (χ2v) is 13.2. The van der Waals surface area contributed by atoms with Gasteiger partial charge in [-0.1, -0.05) is 6.92 Å². The zero-order valence-corrected chi connectivity index (χ0v) is 19.5. The van der Waals surface area contributed by atoms with E-state index in [9.17, 15) is 4.79 Å². The topological polar surface area (TPSA) is 50.9 Å². The standard InChI is InChI=1S/C27H41NO3/c1-15(24-18-5-4-17-8-16(9-18)10-19(17)24)28-13-21-20-11-23-26(2,12-22(20)31-25(21)29)6-3-7-27(23)14-30-27/h15-24,28H,3-14H2,1-2H3/t15?,16?,17?,18?,19?,20-,21?,22-,23?,24?,26-,27+/m1/s1. The number of hydrogen-bond donors (Lipinski definition) is 1. The van der Waals surface area contributed by atoms with Crippen molar-refractivity contribution in [3.8, 4) is 0 Å². The predicted molar refractivity (Wildman–Crippen MR) is 118 cm³/mol. The number of carbonyl (C=O) groups is 1. The molecule has 0 aromatic rings. The van der Waals surface area contributed by atoms with Crippen LogP contribution in [0.15, 0.2) is 0 Å². The molecule has 31 heavy (non-hydrogen) atoms. The number of hydrogen-bond acceptors (Lipinski definition) is 4. The van der Waals surface area contributed by atoms with Gasteiger partial charge in [-0.15, -0.1) is 0 Å². The summed E-state index contributed by atoms with van der Waals surface area (Å²) in [6.45, 7) is 6.64. The molecule has 7 fully saturated rings. The van der Waals surface area contributed by atoms with E-state index in [0.29, 0.717) is 23.3 Å². The average Bonchev–Trinajstić information content (AvgIpc) is 3.37. The van der Waals surface area contributed by atoms with E-state index in [1.807, 2.05) is 0 Å². The lowest BCUT2D eigenvalue weighted by Gasteiger charge is -2.51. The molecule has 3 bridgehead atoms. The van der Waals surface area contributed by atoms with E-state index in [4.69, 9.17) is 9.47 Å². The van der Waals surface area contributed by atoms with Gasteiger partial charge in [0.2, 0.25) is 0 Å². The highest BCUT2D eigenvalue weighted by Crippen LogP contribution is 2.63. The van der Waals surface area contributed by atoms with Gasteiger partial charge in [0.15, 0.2) is 0 Å². The van der Waals surface area contributed by atoms with E-state index in [1.54, 1.807) is 0 Å². The minimum Gasteiger partial charge on any atom is -0.462 e. The number of nitrogens with one attached hydrogen (secondary N) is 1. The number of esters is 1. The maximum absolute atomic E-state index is 13.0. The Morgan fingerprint density at radius 2 is 1.90 bits per heavy atom. The van der Waals surface area contributed by atoms with Crippen LogP contribution in [0.25, 0.3) is 0 Å². The molecule has 1 N–H and O–H groups in total. The van der Waals surface area contributed by atoms with Crippen molar-refractivity contribution in [2.75, 3.05) is 13.2 Å². The predicted octanol–water partition coefficient (Wildman–Crippen LogP) is 4.56. The zero-order chi connectivity index (χ0) is 21.0. The zero-order valence-electron chi connectivity index (χ0n) is 19.5. The van der Waals surface area contributed by atoms with Gasteiger partial charge in [0, 0.05) is 18.5 Å². The third-order valence-electron chi connectivity index (χ3n) is 11.7. The first kappa shape index (κ1) is 19.8. The van der Waals surface area contributed by atoms with Crippen LogP contribution in [0.5, 0.6) is 0 Å². The maximum Gasteiger partial charge on any atom is 0.310 e. The summed E-state index contributed by atoms with van der Waals surface area (Å²) in [5.41, 5.74) is 0.446. The molecule has 0 aromatic heterocycles. The van der Waals surface area contributed by atoms with E-state index in [2.05, 4.69) is 19.2 Å². The molecular weight excluding hydrogens is 386 g/mol. The van der Waals surface area contributed by atoms with Crippen LogP contribution in [-0.2, 0) is 14.3 Å². The van der Waals surface area contributed by atoms with Crippen LogP contribution in [0.4, 0.5) is 0 Å². The fourth-order valence-corrected chi connectivity index (χ4v) is 10.4. The highest BCUT2D eigenvalue weighted by atomic mass is 16.6. The van der Waals surface area contributed by atoms with Crippen molar-refractivity contribution in [1.29, 1.82) is 0 Å². The van der Waals surface area contributed by atoms with Gasteiger partial charge >= 0.3 is 5.97 Å². The fourth-order valence-electron chi connectivity index (χ4n) is 10.4. The summed E-state index contributed by atoms with van der Waals surface area (Å²) in [7, 11) is 0. The van der Waals surface area contributed by atoms with Gasteiger partial charge in [0.1, 0.15) is 6.10 Å². The molecule has 0 radical (unpaired) electrons. The van der Waals surface area contributed by atoms with Crippen molar-refractivity contribution >= 4 is 5.97 Å². The monoisotopic (exact) mass is 427 g/mol. The molecule has 2 aliphatic heterocycles. The smallest absolute Gasteiger partial charge is 0.310 e. The number of fused-ring (bicyclic) bond motifs is 5. The first-order valence-electron chi connectivity index (χ1n) is 13.5. The van der Waals surface area contributed by atoms with Gasteiger partial charge in [-0.2, -0.15) is 0 Å². The SMILES string of the molecule is CC(NCC1C(=O)O[C@@H]2C[C@@]3(C)CCC[C@]4(CO4)C3C[C@H]12)C1C2CCC3CC(C2)CC31. The van der Waals surface area contributed by atoms with E-state index in [0.717, 1.165) is 55.6 Å². The largest absolute Gasteiger partial charge is 0.462 e. The Morgan fingerprint density at radius 3 is 2.74 bits per heavy atom. The van der Waals surface area contributed by atoms with Gasteiger partial charge in [-0.25, -0.2) is 0 Å². The third kappa shape index (κ3) is 2.89. The Morgan fingerprint density at radius 1 is 1.10 bits per heavy atom. The summed E-state index contributed by atoms with van der Waals surface area (Å²) in [6, 6.07) is 0.533. The molecule has 7 aliphatic rings. The Labute approximate surface area is 187 Å². The van der Waals surface area contributed by atoms with E-state index in [1.165, 1.54) is 51.4 Å². The van der Waals surface area contributed by atoms with Crippen LogP contribution in [0.1, 0.15) is 78.1 Å². The molecule has 1 spiro atoms. The van der Waals surface area contributed by atoms with Crippen LogP contribution >= 0.6 is 0 Å². The van der Waals surface area contributed by atoms with Crippen molar-refractivity contribution in [3.63, 3.8) is 0 Å². The van der Waals surface area contributed by atoms with Crippen molar-refractivity contribution in [1.82, 2.24) is 5.32 Å². The molecule has 5 saturated carbocycles. The van der Waals surface area contributed by atoms with E-state index >= 15 is 0 Å². The lowest BCUT2D eigenvalue weighted by molar-refractivity contribution is -0.147. The molecule has 2 heterocycles. The highest BCUT2D eigenvalue weighted by molar-refractivity contribution is 5.75. The highest BCUT2D eigenvalue weighted by Gasteiger charge is 2.65. The van der Waals surface area contributed by atoms with Gasteiger partial charge in [-0.3, -0.25) is 4.79 Å². The first-order chi connectivity index (χ1) is 15.0. The quantitative estimate of drug-likeness (QED) is 0.528. The summed E-state index contributed by atoms with van der Waals surface area (Å²) in [5.74, 6) is 5.88. The number of epoxide rings is 1. The van der Waals surface area contributed by atoms with Crippen LogP contribution < -0.4 is 5.32 Å². The summed E-state index contributed by atoms with van der Waals surface area (Å²) < 4.78 is 12.1. The molecule has 4 nitrogen and oxygen atoms in total. The molecule has 5 aliphatic carbocycles. The minimum absolute atomic E-state index is 0.0480. The molecule has 0 aromatic carbocycles. The second kappa shape index (κ2) is 6.72. The number of carbonyl (C=O) groups excluding carboxylic acids is 1. The summed E-state index contributed by atoms with van der Waals surface area (Å²) in [5, 5.41) is 3.91. The summed E-state index contributed by atoms with van der Waals surface area (Å²) >= 11 is 0. The van der Waals surface area contributed by atoms with Gasteiger partial charge in [0.05, 0.1) is 18.1 Å². The Hall–Kier alpha value is -0.610. The van der Waals surface area contributed by atoms with Gasteiger partial charge in [-0.05, 0) is 112 Å². The number of rotatable bonds is 4. The molecule has 172 valence electrons. The second-order valence-electron chi connectivity index (χ2n) is 13.2. The maximum atomic E-state index is 13.0. The van der Waals surface area contributed by atoms with Crippen LogP contribution in [-0.4, -0.2) is 36.9 Å². The van der Waals surface area contributed by atoms with E-state index < -0.39 is 0 Å². The van der Waals surface area contributed by atoms with Crippen molar-refractivity contribution < 1.29 is 14.3 Å². The fraction of sp³-hybridized carbons (Fsp3) is 0.963. The normalized spacial score (nSPS) is 57.5. The molecule has 2 saturated heterocycles. The molecule has 0 amide bonds. The first-order valence-corrected chi connectivity index (χ1v) is 13.5. The third-order valence-corrected chi connectivity index (χ3v) is 11.7. The minimum atomic E-state index is 0.0480. The summed E-state index contributed by atoms with van der Waals surface area (Å²) in [6.07, 6.45) is 13.5. The molecular formula is C27H41NO3. The summed E-state index contributed by atoms with van der Waals surface area (Å²) in [4.78, 5) is 13.0. The van der Waals surface area contributed by atoms with Gasteiger partial charge < -0.3 is 14.8 Å². The van der Waals surface area contributed by atoms with Crippen molar-refractivity contribution in [2.24, 2.45) is 52.8 Å². The molecule has 8 unspecified atom stereocenters. The van der Waals surface area contributed by atoms with Gasteiger partial charge in [0.25, 0.3) is 0 Å². The molecule has 7 rings (SSSR count).